The zero-order valence-corrected chi connectivity index (χ0v) is 14.4. The number of para-hydroxylation sites is 3. The van der Waals surface area contributed by atoms with E-state index >= 15 is 0 Å². The molecule has 3 rings (SSSR count). The van der Waals surface area contributed by atoms with Crippen molar-refractivity contribution in [2.24, 2.45) is 0 Å². The minimum Gasteiger partial charge on any atom is -0.496 e. The van der Waals surface area contributed by atoms with Gasteiger partial charge >= 0.3 is 0 Å². The molecule has 0 aromatic heterocycles. The van der Waals surface area contributed by atoms with Gasteiger partial charge in [-0.25, -0.2) is 0 Å². The maximum absolute atomic E-state index is 12.6. The van der Waals surface area contributed by atoms with Gasteiger partial charge in [0.25, 0.3) is 11.6 Å². The smallest absolute Gasteiger partial charge is 0.269 e. The number of benzene rings is 3. The van der Waals surface area contributed by atoms with Gasteiger partial charge in [-0.3, -0.25) is 14.9 Å². The summed E-state index contributed by atoms with van der Waals surface area (Å²) in [4.78, 5) is 22.9. The predicted octanol–water partition coefficient (Wildman–Crippen LogP) is 4.65. The van der Waals surface area contributed by atoms with Crippen LogP contribution >= 0.6 is 0 Å². The number of nitrogens with zero attached hydrogens (tertiary/aromatic N) is 1. The second kappa shape index (κ2) is 8.01. The lowest BCUT2D eigenvalue weighted by molar-refractivity contribution is -0.384. The molecule has 0 spiro atoms. The zero-order valence-electron chi connectivity index (χ0n) is 14.4. The van der Waals surface area contributed by atoms with Crippen molar-refractivity contribution in [2.45, 2.75) is 0 Å². The van der Waals surface area contributed by atoms with Crippen molar-refractivity contribution in [3.8, 4) is 17.2 Å². The number of anilines is 1. The van der Waals surface area contributed by atoms with Crippen LogP contribution < -0.4 is 14.8 Å². The Kier molecular flexibility index (Phi) is 5.32. The van der Waals surface area contributed by atoms with Gasteiger partial charge in [0.05, 0.1) is 23.3 Å². The maximum atomic E-state index is 12.6. The molecule has 1 N–H and O–H groups in total. The molecule has 0 saturated carbocycles. The van der Waals surface area contributed by atoms with Crippen LogP contribution in [0.25, 0.3) is 0 Å². The fourth-order valence-electron chi connectivity index (χ4n) is 2.44. The summed E-state index contributed by atoms with van der Waals surface area (Å²) in [5, 5.41) is 13.5. The van der Waals surface area contributed by atoms with Gasteiger partial charge in [0.15, 0.2) is 5.75 Å². The number of nitro groups is 1. The van der Waals surface area contributed by atoms with Gasteiger partial charge in [-0.05, 0) is 36.4 Å². The molecule has 0 unspecified atom stereocenters. The first-order valence-corrected chi connectivity index (χ1v) is 8.04. The summed E-state index contributed by atoms with van der Waals surface area (Å²) in [5.74, 6) is 0.949. The first kappa shape index (κ1) is 17.9. The highest BCUT2D eigenvalue weighted by Crippen LogP contribution is 2.31. The molecule has 3 aromatic rings. The Labute approximate surface area is 155 Å². The molecule has 0 aliphatic rings. The van der Waals surface area contributed by atoms with Crippen LogP contribution in [-0.4, -0.2) is 17.9 Å². The predicted molar refractivity (Wildman–Crippen MR) is 101 cm³/mol. The van der Waals surface area contributed by atoms with Gasteiger partial charge in [0, 0.05) is 12.1 Å². The second-order valence-corrected chi connectivity index (χ2v) is 5.50. The van der Waals surface area contributed by atoms with Crippen molar-refractivity contribution in [1.82, 2.24) is 0 Å². The lowest BCUT2D eigenvalue weighted by Gasteiger charge is -2.13. The third-order valence-electron chi connectivity index (χ3n) is 3.76. The Morgan fingerprint density at radius 3 is 2.22 bits per heavy atom. The SMILES string of the molecule is COc1ccccc1C(=O)Nc1ccccc1Oc1ccc([N+](=O)[O-])cc1. The quantitative estimate of drug-likeness (QED) is 0.508. The molecule has 0 aliphatic carbocycles. The summed E-state index contributed by atoms with van der Waals surface area (Å²) < 4.78 is 11.0. The van der Waals surface area contributed by atoms with E-state index in [1.54, 1.807) is 48.5 Å². The minimum absolute atomic E-state index is 0.0277. The van der Waals surface area contributed by atoms with E-state index in [9.17, 15) is 14.9 Å². The first-order valence-electron chi connectivity index (χ1n) is 8.04. The topological polar surface area (TPSA) is 90.7 Å². The number of non-ortho nitro benzene ring substituents is 1. The molecule has 7 nitrogen and oxygen atoms in total. The van der Waals surface area contributed by atoms with Crippen LogP contribution in [0.5, 0.6) is 17.2 Å². The summed E-state index contributed by atoms with van der Waals surface area (Å²) in [5.41, 5.74) is 0.831. The minimum atomic E-state index is -0.481. The molecule has 136 valence electrons. The van der Waals surface area contributed by atoms with Crippen molar-refractivity contribution in [2.75, 3.05) is 12.4 Å². The van der Waals surface area contributed by atoms with Gasteiger partial charge in [-0.2, -0.15) is 0 Å². The van der Waals surface area contributed by atoms with E-state index in [-0.39, 0.29) is 11.6 Å². The number of rotatable bonds is 6. The van der Waals surface area contributed by atoms with Crippen LogP contribution in [0.1, 0.15) is 10.4 Å². The van der Waals surface area contributed by atoms with Crippen molar-refractivity contribution in [1.29, 1.82) is 0 Å². The Hall–Kier alpha value is -3.87. The summed E-state index contributed by atoms with van der Waals surface area (Å²) in [7, 11) is 1.50. The van der Waals surface area contributed by atoms with Gasteiger partial charge in [-0.15, -0.1) is 0 Å². The zero-order chi connectivity index (χ0) is 19.2. The van der Waals surface area contributed by atoms with Crippen LogP contribution in [0.3, 0.4) is 0 Å². The molecule has 0 aliphatic heterocycles. The Morgan fingerprint density at radius 1 is 0.926 bits per heavy atom. The number of amides is 1. The summed E-state index contributed by atoms with van der Waals surface area (Å²) in [6, 6.07) is 19.5. The standard InChI is InChI=1S/C20H16N2O5/c1-26-18-8-4-2-6-16(18)20(23)21-17-7-3-5-9-19(17)27-15-12-10-14(11-13-15)22(24)25/h2-13H,1H3,(H,21,23). The largest absolute Gasteiger partial charge is 0.496 e. The number of methoxy groups -OCH3 is 1. The second-order valence-electron chi connectivity index (χ2n) is 5.50. The number of hydrogen-bond donors (Lipinski definition) is 1. The average molecular weight is 364 g/mol. The third-order valence-corrected chi connectivity index (χ3v) is 3.76. The van der Waals surface area contributed by atoms with Crippen molar-refractivity contribution in [3.05, 3.63) is 88.5 Å². The van der Waals surface area contributed by atoms with Crippen molar-refractivity contribution < 1.29 is 19.2 Å². The number of nitrogens with one attached hydrogen (secondary N) is 1. The summed E-state index contributed by atoms with van der Waals surface area (Å²) in [6.45, 7) is 0. The molecule has 27 heavy (non-hydrogen) atoms. The summed E-state index contributed by atoms with van der Waals surface area (Å²) in [6.07, 6.45) is 0. The van der Waals surface area contributed by atoms with Crippen LogP contribution in [0.4, 0.5) is 11.4 Å². The van der Waals surface area contributed by atoms with Crippen molar-refractivity contribution in [3.63, 3.8) is 0 Å². The van der Waals surface area contributed by atoms with E-state index in [0.29, 0.717) is 28.5 Å². The highest BCUT2D eigenvalue weighted by Gasteiger charge is 2.14. The number of carbonyl (C=O) groups is 1. The molecule has 1 amide bonds. The number of carbonyl (C=O) groups excluding carboxylic acids is 1. The van der Waals surface area contributed by atoms with E-state index in [1.807, 2.05) is 0 Å². The maximum Gasteiger partial charge on any atom is 0.269 e. The fraction of sp³-hybridized carbons (Fsp3) is 0.0500. The van der Waals surface area contributed by atoms with E-state index in [1.165, 1.54) is 31.4 Å². The van der Waals surface area contributed by atoms with E-state index in [4.69, 9.17) is 9.47 Å². The number of nitro benzene ring substituents is 1. The van der Waals surface area contributed by atoms with Gasteiger partial charge < -0.3 is 14.8 Å². The average Bonchev–Trinajstić information content (AvgIpc) is 2.69. The molecular weight excluding hydrogens is 348 g/mol. The Morgan fingerprint density at radius 2 is 1.56 bits per heavy atom. The summed E-state index contributed by atoms with van der Waals surface area (Å²) >= 11 is 0. The molecule has 7 heteroatoms. The third kappa shape index (κ3) is 4.21. The van der Waals surface area contributed by atoms with E-state index in [0.717, 1.165) is 0 Å². The lowest BCUT2D eigenvalue weighted by Crippen LogP contribution is -2.13. The first-order chi connectivity index (χ1) is 13.1. The van der Waals surface area contributed by atoms with E-state index < -0.39 is 4.92 Å². The Balaban J connectivity index is 1.81. The lowest BCUT2D eigenvalue weighted by atomic mass is 10.2. The molecule has 0 saturated heterocycles. The van der Waals surface area contributed by atoms with Crippen molar-refractivity contribution >= 4 is 17.3 Å². The van der Waals surface area contributed by atoms with Crippen LogP contribution in [0.15, 0.2) is 72.8 Å². The molecule has 0 fully saturated rings. The van der Waals surface area contributed by atoms with Crippen LogP contribution in [0, 0.1) is 10.1 Å². The highest BCUT2D eigenvalue weighted by molar-refractivity contribution is 6.06. The van der Waals surface area contributed by atoms with Gasteiger partial charge in [0.2, 0.25) is 0 Å². The molecule has 3 aromatic carbocycles. The molecule has 0 radical (unpaired) electrons. The molecule has 0 heterocycles. The monoisotopic (exact) mass is 364 g/mol. The number of hydrogen-bond acceptors (Lipinski definition) is 5. The number of ether oxygens (including phenoxy) is 2. The van der Waals surface area contributed by atoms with Crippen LogP contribution in [-0.2, 0) is 0 Å². The van der Waals surface area contributed by atoms with Gasteiger partial charge in [0.1, 0.15) is 11.5 Å². The molecular formula is C20H16N2O5. The van der Waals surface area contributed by atoms with E-state index in [2.05, 4.69) is 5.32 Å². The molecule has 0 atom stereocenters. The Bertz CT molecular complexity index is 970. The normalized spacial score (nSPS) is 10.1. The molecule has 0 bridgehead atoms. The highest BCUT2D eigenvalue weighted by atomic mass is 16.6. The van der Waals surface area contributed by atoms with Crippen LogP contribution in [0.2, 0.25) is 0 Å². The fourth-order valence-corrected chi connectivity index (χ4v) is 2.44. The van der Waals surface area contributed by atoms with Gasteiger partial charge in [-0.1, -0.05) is 24.3 Å².